The predicted molar refractivity (Wildman–Crippen MR) is 75.9 cm³/mol. The Morgan fingerprint density at radius 2 is 2.00 bits per heavy atom. The zero-order chi connectivity index (χ0) is 13.9. The van der Waals surface area contributed by atoms with Gasteiger partial charge in [-0.1, -0.05) is 17.7 Å². The molecule has 2 aromatic rings. The molecule has 0 aliphatic carbocycles. The third-order valence-electron chi connectivity index (χ3n) is 2.97. The van der Waals surface area contributed by atoms with Crippen LogP contribution in [0.5, 0.6) is 0 Å². The van der Waals surface area contributed by atoms with Gasteiger partial charge in [-0.2, -0.15) is 0 Å². The topological polar surface area (TPSA) is 68.0 Å². The van der Waals surface area contributed by atoms with Crippen LogP contribution in [0.4, 0.5) is 5.69 Å². The Kier molecular flexibility index (Phi) is 3.71. The highest BCUT2D eigenvalue weighted by atomic mass is 35.5. The minimum atomic E-state index is -1.02. The van der Waals surface area contributed by atoms with E-state index in [9.17, 15) is 4.79 Å². The van der Waals surface area contributed by atoms with Crippen LogP contribution in [0.15, 0.2) is 48.8 Å². The van der Waals surface area contributed by atoms with Crippen LogP contribution in [0.3, 0.4) is 0 Å². The fourth-order valence-electron chi connectivity index (χ4n) is 1.82. The van der Waals surface area contributed by atoms with Gasteiger partial charge in [0.2, 0.25) is 5.91 Å². The maximum atomic E-state index is 11.8. The first-order chi connectivity index (χ1) is 9.02. The van der Waals surface area contributed by atoms with Crippen LogP contribution >= 0.6 is 11.6 Å². The van der Waals surface area contributed by atoms with E-state index < -0.39 is 11.4 Å². The van der Waals surface area contributed by atoms with Gasteiger partial charge in [0.05, 0.1) is 0 Å². The molecule has 2 rings (SSSR count). The Morgan fingerprint density at radius 1 is 1.32 bits per heavy atom. The second-order valence-electron chi connectivity index (χ2n) is 4.36. The average Bonchev–Trinajstić information content (AvgIpc) is 2.39. The number of anilines is 1. The number of nitrogens with two attached hydrogens (primary N) is 1. The molecule has 1 aromatic heterocycles. The average molecular weight is 276 g/mol. The van der Waals surface area contributed by atoms with Crippen LogP contribution in [-0.2, 0) is 10.3 Å². The van der Waals surface area contributed by atoms with Gasteiger partial charge in [-0.3, -0.25) is 9.78 Å². The van der Waals surface area contributed by atoms with Crippen molar-refractivity contribution in [3.8, 4) is 0 Å². The lowest BCUT2D eigenvalue weighted by atomic mass is 9.91. The SMILES string of the molecule is CC(Nc1cccc(Cl)c1)(C(N)=O)c1ccncc1. The summed E-state index contributed by atoms with van der Waals surface area (Å²) in [5.41, 5.74) is 5.99. The highest BCUT2D eigenvalue weighted by Gasteiger charge is 2.33. The van der Waals surface area contributed by atoms with Gasteiger partial charge in [0.1, 0.15) is 5.54 Å². The molecule has 1 aromatic carbocycles. The number of hydrogen-bond acceptors (Lipinski definition) is 3. The summed E-state index contributed by atoms with van der Waals surface area (Å²) in [6.07, 6.45) is 3.24. The van der Waals surface area contributed by atoms with E-state index in [1.54, 1.807) is 49.6 Å². The smallest absolute Gasteiger partial charge is 0.247 e. The summed E-state index contributed by atoms with van der Waals surface area (Å²) in [6.45, 7) is 1.73. The van der Waals surface area contributed by atoms with E-state index in [2.05, 4.69) is 10.3 Å². The van der Waals surface area contributed by atoms with Crippen LogP contribution in [0, 0.1) is 0 Å². The van der Waals surface area contributed by atoms with Crippen molar-refractivity contribution in [3.05, 3.63) is 59.4 Å². The molecule has 0 saturated heterocycles. The number of benzene rings is 1. The summed E-state index contributed by atoms with van der Waals surface area (Å²) in [6, 6.07) is 10.6. The number of carbonyl (C=O) groups is 1. The molecule has 0 saturated carbocycles. The Labute approximate surface area is 116 Å². The number of pyridine rings is 1. The van der Waals surface area contributed by atoms with Crippen molar-refractivity contribution in [3.63, 3.8) is 0 Å². The largest absolute Gasteiger partial charge is 0.368 e. The van der Waals surface area contributed by atoms with Crippen molar-refractivity contribution in [1.82, 2.24) is 4.98 Å². The quantitative estimate of drug-likeness (QED) is 0.901. The van der Waals surface area contributed by atoms with Crippen LogP contribution in [0.25, 0.3) is 0 Å². The third-order valence-corrected chi connectivity index (χ3v) is 3.20. The van der Waals surface area contributed by atoms with E-state index in [1.165, 1.54) is 0 Å². The van der Waals surface area contributed by atoms with Gasteiger partial charge < -0.3 is 11.1 Å². The number of rotatable bonds is 4. The molecule has 0 aliphatic heterocycles. The number of nitrogens with zero attached hydrogens (tertiary/aromatic N) is 1. The van der Waals surface area contributed by atoms with E-state index in [0.29, 0.717) is 5.02 Å². The van der Waals surface area contributed by atoms with Crippen molar-refractivity contribution < 1.29 is 4.79 Å². The molecule has 0 bridgehead atoms. The molecule has 98 valence electrons. The van der Waals surface area contributed by atoms with Gasteiger partial charge in [-0.05, 0) is 42.8 Å². The fraction of sp³-hybridized carbons (Fsp3) is 0.143. The standard InChI is InChI=1S/C14H14ClN3O/c1-14(13(16)19,10-5-7-17-8-6-10)18-12-4-2-3-11(15)9-12/h2-9,18H,1H3,(H2,16,19). The van der Waals surface area contributed by atoms with Crippen molar-refractivity contribution in [1.29, 1.82) is 0 Å². The Bertz CT molecular complexity index is 588. The summed E-state index contributed by atoms with van der Waals surface area (Å²) >= 11 is 5.93. The molecule has 19 heavy (non-hydrogen) atoms. The van der Waals surface area contributed by atoms with Crippen LogP contribution in [0.1, 0.15) is 12.5 Å². The summed E-state index contributed by atoms with van der Waals surface area (Å²) < 4.78 is 0. The minimum absolute atomic E-state index is 0.473. The molecule has 5 heteroatoms. The summed E-state index contributed by atoms with van der Waals surface area (Å²) in [7, 11) is 0. The molecule has 0 aliphatic rings. The van der Waals surface area contributed by atoms with Gasteiger partial charge in [0, 0.05) is 23.1 Å². The van der Waals surface area contributed by atoms with E-state index in [-0.39, 0.29) is 0 Å². The Morgan fingerprint density at radius 3 is 2.58 bits per heavy atom. The molecule has 4 nitrogen and oxygen atoms in total. The summed E-state index contributed by atoms with van der Waals surface area (Å²) in [4.78, 5) is 15.8. The van der Waals surface area contributed by atoms with E-state index in [0.717, 1.165) is 11.3 Å². The van der Waals surface area contributed by atoms with Gasteiger partial charge in [-0.15, -0.1) is 0 Å². The van der Waals surface area contributed by atoms with Gasteiger partial charge in [0.15, 0.2) is 0 Å². The first kappa shape index (κ1) is 13.4. The molecule has 0 spiro atoms. The number of primary amides is 1. The fourth-order valence-corrected chi connectivity index (χ4v) is 2.01. The molecule has 0 fully saturated rings. The first-order valence-corrected chi connectivity index (χ1v) is 6.14. The molecule has 0 radical (unpaired) electrons. The number of nitrogens with one attached hydrogen (secondary N) is 1. The molecule has 1 amide bonds. The molecular weight excluding hydrogens is 262 g/mol. The molecule has 3 N–H and O–H groups in total. The lowest BCUT2D eigenvalue weighted by Gasteiger charge is -2.29. The maximum Gasteiger partial charge on any atom is 0.247 e. The molecule has 1 atom stereocenters. The Hall–Kier alpha value is -2.07. The highest BCUT2D eigenvalue weighted by molar-refractivity contribution is 6.30. The zero-order valence-corrected chi connectivity index (χ0v) is 11.2. The zero-order valence-electron chi connectivity index (χ0n) is 10.4. The van der Waals surface area contributed by atoms with Gasteiger partial charge in [0.25, 0.3) is 0 Å². The van der Waals surface area contributed by atoms with Gasteiger partial charge in [-0.25, -0.2) is 0 Å². The number of aromatic nitrogens is 1. The van der Waals surface area contributed by atoms with Crippen molar-refractivity contribution >= 4 is 23.2 Å². The summed E-state index contributed by atoms with van der Waals surface area (Å²) in [5, 5.41) is 3.71. The Balaban J connectivity index is 2.39. The molecular formula is C14H14ClN3O. The normalized spacial score (nSPS) is 13.6. The lowest BCUT2D eigenvalue weighted by molar-refractivity contribution is -0.122. The van der Waals surface area contributed by atoms with Crippen molar-refractivity contribution in [2.45, 2.75) is 12.5 Å². The number of hydrogen-bond donors (Lipinski definition) is 2. The van der Waals surface area contributed by atoms with Crippen molar-refractivity contribution in [2.24, 2.45) is 5.73 Å². The summed E-state index contributed by atoms with van der Waals surface area (Å²) in [5.74, 6) is -0.473. The number of amides is 1. The number of carbonyl (C=O) groups excluding carboxylic acids is 1. The lowest BCUT2D eigenvalue weighted by Crippen LogP contribution is -2.45. The van der Waals surface area contributed by atoms with E-state index in [1.807, 2.05) is 6.07 Å². The van der Waals surface area contributed by atoms with E-state index in [4.69, 9.17) is 17.3 Å². The van der Waals surface area contributed by atoms with Crippen LogP contribution < -0.4 is 11.1 Å². The highest BCUT2D eigenvalue weighted by Crippen LogP contribution is 2.26. The second kappa shape index (κ2) is 5.28. The van der Waals surface area contributed by atoms with Crippen LogP contribution in [-0.4, -0.2) is 10.9 Å². The predicted octanol–water partition coefficient (Wildman–Crippen LogP) is 2.55. The maximum absolute atomic E-state index is 11.8. The van der Waals surface area contributed by atoms with Gasteiger partial charge >= 0.3 is 0 Å². The number of halogens is 1. The van der Waals surface area contributed by atoms with Crippen LogP contribution in [0.2, 0.25) is 5.02 Å². The first-order valence-electron chi connectivity index (χ1n) is 5.76. The molecule has 1 unspecified atom stereocenters. The second-order valence-corrected chi connectivity index (χ2v) is 4.80. The van der Waals surface area contributed by atoms with Crippen molar-refractivity contribution in [2.75, 3.05) is 5.32 Å². The van der Waals surface area contributed by atoms with E-state index >= 15 is 0 Å². The molecule has 1 heterocycles. The minimum Gasteiger partial charge on any atom is -0.368 e. The third kappa shape index (κ3) is 2.85. The monoisotopic (exact) mass is 275 g/mol.